The fourth-order valence-electron chi connectivity index (χ4n) is 2.62. The fraction of sp³-hybridized carbons (Fsp3) is 0.917. The normalized spacial score (nSPS) is 29.2. The lowest BCUT2D eigenvalue weighted by atomic mass is 10.1. The number of rotatable bonds is 3. The number of halogens is 1. The van der Waals surface area contributed by atoms with Crippen molar-refractivity contribution in [3.8, 4) is 0 Å². The third-order valence-corrected chi connectivity index (χ3v) is 3.65. The van der Waals surface area contributed by atoms with Crippen LogP contribution in [-0.2, 0) is 4.79 Å². The van der Waals surface area contributed by atoms with Crippen LogP contribution in [0.25, 0.3) is 0 Å². The fourth-order valence-corrected chi connectivity index (χ4v) is 2.62. The van der Waals surface area contributed by atoms with E-state index in [-0.39, 0.29) is 12.4 Å². The van der Waals surface area contributed by atoms with Crippen molar-refractivity contribution in [2.75, 3.05) is 19.6 Å². The van der Waals surface area contributed by atoms with Gasteiger partial charge in [-0.15, -0.1) is 12.4 Å². The Balaban J connectivity index is 0.00000128. The van der Waals surface area contributed by atoms with Crippen molar-refractivity contribution in [1.82, 2.24) is 10.2 Å². The predicted molar refractivity (Wildman–Crippen MR) is 67.9 cm³/mol. The molecule has 2 atom stereocenters. The summed E-state index contributed by atoms with van der Waals surface area (Å²) in [6, 6.07) is 0.606. The van der Waals surface area contributed by atoms with E-state index in [9.17, 15) is 4.79 Å². The first kappa shape index (κ1) is 13.8. The van der Waals surface area contributed by atoms with Crippen LogP contribution in [0.15, 0.2) is 0 Å². The number of amides is 1. The third kappa shape index (κ3) is 3.63. The molecule has 2 rings (SSSR count). The van der Waals surface area contributed by atoms with Gasteiger partial charge in [0.05, 0.1) is 0 Å². The molecule has 0 aromatic rings. The highest BCUT2D eigenvalue weighted by Gasteiger charge is 2.24. The van der Waals surface area contributed by atoms with Crippen LogP contribution in [0.5, 0.6) is 0 Å². The number of carbonyl (C=O) groups excluding carboxylic acids is 1. The third-order valence-electron chi connectivity index (χ3n) is 3.65. The summed E-state index contributed by atoms with van der Waals surface area (Å²) < 4.78 is 0. The number of nitrogens with zero attached hydrogens (tertiary/aromatic N) is 1. The maximum absolute atomic E-state index is 11.8. The van der Waals surface area contributed by atoms with Gasteiger partial charge in [-0.1, -0.05) is 6.92 Å². The lowest BCUT2D eigenvalue weighted by Crippen LogP contribution is -2.30. The summed E-state index contributed by atoms with van der Waals surface area (Å²) in [5.74, 6) is 1.08. The first-order valence-electron chi connectivity index (χ1n) is 6.27. The molecule has 16 heavy (non-hydrogen) atoms. The topological polar surface area (TPSA) is 32.3 Å². The molecule has 0 radical (unpaired) electrons. The van der Waals surface area contributed by atoms with Crippen LogP contribution in [0.2, 0.25) is 0 Å². The molecule has 2 unspecified atom stereocenters. The molecular formula is C12H23ClN2O. The van der Waals surface area contributed by atoms with Gasteiger partial charge < -0.3 is 10.2 Å². The Hall–Kier alpha value is -0.280. The second-order valence-electron chi connectivity index (χ2n) is 5.07. The Morgan fingerprint density at radius 2 is 2.25 bits per heavy atom. The second kappa shape index (κ2) is 6.45. The monoisotopic (exact) mass is 246 g/mol. The molecule has 2 aliphatic heterocycles. The Labute approximate surface area is 104 Å². The Morgan fingerprint density at radius 3 is 2.81 bits per heavy atom. The predicted octanol–water partition coefficient (Wildman–Crippen LogP) is 1.81. The van der Waals surface area contributed by atoms with E-state index in [1.54, 1.807) is 0 Å². The second-order valence-corrected chi connectivity index (χ2v) is 5.07. The number of carbonyl (C=O) groups is 1. The first-order valence-corrected chi connectivity index (χ1v) is 6.27. The van der Waals surface area contributed by atoms with Gasteiger partial charge in [-0.05, 0) is 38.1 Å². The SMILES string of the molecule is CC1CCN(C(=O)CCC2CCCN2)C1.Cl. The van der Waals surface area contributed by atoms with Crippen molar-refractivity contribution in [2.24, 2.45) is 5.92 Å². The van der Waals surface area contributed by atoms with Crippen molar-refractivity contribution in [1.29, 1.82) is 0 Å². The maximum atomic E-state index is 11.8. The van der Waals surface area contributed by atoms with Gasteiger partial charge in [-0.2, -0.15) is 0 Å². The molecule has 2 aliphatic rings. The summed E-state index contributed by atoms with van der Waals surface area (Å²) in [5, 5.41) is 3.44. The van der Waals surface area contributed by atoms with Gasteiger partial charge in [-0.25, -0.2) is 0 Å². The standard InChI is InChI=1S/C12H22N2O.ClH/c1-10-6-8-14(9-10)12(15)5-4-11-3-2-7-13-11;/h10-11,13H,2-9H2,1H3;1H. The summed E-state index contributed by atoms with van der Waals surface area (Å²) in [6.45, 7) is 5.33. The maximum Gasteiger partial charge on any atom is 0.222 e. The summed E-state index contributed by atoms with van der Waals surface area (Å²) >= 11 is 0. The van der Waals surface area contributed by atoms with E-state index in [0.717, 1.165) is 32.5 Å². The van der Waals surface area contributed by atoms with Gasteiger partial charge in [0.15, 0.2) is 0 Å². The van der Waals surface area contributed by atoms with Crippen molar-refractivity contribution in [3.63, 3.8) is 0 Å². The molecule has 0 aliphatic carbocycles. The molecule has 2 saturated heterocycles. The van der Waals surface area contributed by atoms with E-state index in [1.165, 1.54) is 19.3 Å². The van der Waals surface area contributed by atoms with E-state index in [0.29, 0.717) is 17.9 Å². The minimum Gasteiger partial charge on any atom is -0.342 e. The zero-order valence-electron chi connectivity index (χ0n) is 10.1. The number of nitrogens with one attached hydrogen (secondary N) is 1. The van der Waals surface area contributed by atoms with E-state index >= 15 is 0 Å². The van der Waals surface area contributed by atoms with E-state index in [4.69, 9.17) is 0 Å². The summed E-state index contributed by atoms with van der Waals surface area (Å²) in [6.07, 6.45) is 5.49. The molecule has 0 aromatic carbocycles. The molecule has 0 saturated carbocycles. The van der Waals surface area contributed by atoms with Gasteiger partial charge in [0.1, 0.15) is 0 Å². The lowest BCUT2D eigenvalue weighted by Gasteiger charge is -2.17. The van der Waals surface area contributed by atoms with Gasteiger partial charge in [0, 0.05) is 25.6 Å². The minimum atomic E-state index is 0. The molecule has 1 N–H and O–H groups in total. The van der Waals surface area contributed by atoms with Crippen LogP contribution >= 0.6 is 12.4 Å². The van der Waals surface area contributed by atoms with Gasteiger partial charge >= 0.3 is 0 Å². The molecule has 0 spiro atoms. The summed E-state index contributed by atoms with van der Waals surface area (Å²) in [4.78, 5) is 13.9. The molecule has 2 fully saturated rings. The van der Waals surface area contributed by atoms with Crippen molar-refractivity contribution >= 4 is 18.3 Å². The smallest absolute Gasteiger partial charge is 0.222 e. The van der Waals surface area contributed by atoms with E-state index < -0.39 is 0 Å². The van der Waals surface area contributed by atoms with Crippen LogP contribution in [0.4, 0.5) is 0 Å². The summed E-state index contributed by atoms with van der Waals surface area (Å²) in [7, 11) is 0. The van der Waals surface area contributed by atoms with Gasteiger partial charge in [0.25, 0.3) is 0 Å². The first-order chi connectivity index (χ1) is 7.25. The van der Waals surface area contributed by atoms with Crippen LogP contribution in [0.3, 0.4) is 0 Å². The molecular weight excluding hydrogens is 224 g/mol. The average molecular weight is 247 g/mol. The van der Waals surface area contributed by atoms with Crippen LogP contribution in [0, 0.1) is 5.92 Å². The van der Waals surface area contributed by atoms with Crippen LogP contribution < -0.4 is 5.32 Å². The Kier molecular flexibility index (Phi) is 5.56. The van der Waals surface area contributed by atoms with E-state index in [2.05, 4.69) is 12.2 Å². The van der Waals surface area contributed by atoms with Crippen LogP contribution in [-0.4, -0.2) is 36.5 Å². The summed E-state index contributed by atoms with van der Waals surface area (Å²) in [5.41, 5.74) is 0. The number of hydrogen-bond acceptors (Lipinski definition) is 2. The number of likely N-dealkylation sites (tertiary alicyclic amines) is 1. The van der Waals surface area contributed by atoms with Crippen molar-refractivity contribution in [3.05, 3.63) is 0 Å². The molecule has 94 valence electrons. The van der Waals surface area contributed by atoms with Gasteiger partial charge in [-0.3, -0.25) is 4.79 Å². The largest absolute Gasteiger partial charge is 0.342 e. The molecule has 0 aromatic heterocycles. The van der Waals surface area contributed by atoms with E-state index in [1.807, 2.05) is 4.90 Å². The molecule has 2 heterocycles. The number of hydrogen-bond donors (Lipinski definition) is 1. The van der Waals surface area contributed by atoms with Crippen molar-refractivity contribution < 1.29 is 4.79 Å². The van der Waals surface area contributed by atoms with Crippen LogP contribution in [0.1, 0.15) is 39.0 Å². The molecule has 4 heteroatoms. The molecule has 0 bridgehead atoms. The molecule has 3 nitrogen and oxygen atoms in total. The zero-order valence-corrected chi connectivity index (χ0v) is 10.9. The highest BCUT2D eigenvalue weighted by molar-refractivity contribution is 5.85. The highest BCUT2D eigenvalue weighted by atomic mass is 35.5. The average Bonchev–Trinajstić information content (AvgIpc) is 2.84. The molecule has 1 amide bonds. The minimum absolute atomic E-state index is 0. The quantitative estimate of drug-likeness (QED) is 0.824. The Bertz CT molecular complexity index is 229. The Morgan fingerprint density at radius 1 is 1.44 bits per heavy atom. The van der Waals surface area contributed by atoms with Crippen molar-refractivity contribution in [2.45, 2.75) is 45.1 Å². The zero-order chi connectivity index (χ0) is 10.7. The highest BCUT2D eigenvalue weighted by Crippen LogP contribution is 2.17. The lowest BCUT2D eigenvalue weighted by molar-refractivity contribution is -0.130. The van der Waals surface area contributed by atoms with Gasteiger partial charge in [0.2, 0.25) is 5.91 Å².